The van der Waals surface area contributed by atoms with E-state index in [9.17, 15) is 5.11 Å². The van der Waals surface area contributed by atoms with Gasteiger partial charge in [0.05, 0.1) is 19.3 Å². The molecule has 2 heterocycles. The molecule has 0 aromatic carbocycles. The second kappa shape index (κ2) is 5.25. The first-order valence-electron chi connectivity index (χ1n) is 6.02. The molecule has 0 aromatic heterocycles. The summed E-state index contributed by atoms with van der Waals surface area (Å²) < 4.78 is 11.4. The number of hydrogen-bond acceptors (Lipinski definition) is 4. The summed E-state index contributed by atoms with van der Waals surface area (Å²) in [5.41, 5.74) is 2.18. The van der Waals surface area contributed by atoms with Gasteiger partial charge in [0.25, 0.3) is 0 Å². The lowest BCUT2D eigenvalue weighted by molar-refractivity contribution is -0.230. The van der Waals surface area contributed by atoms with E-state index >= 15 is 0 Å². The zero-order valence-electron chi connectivity index (χ0n) is 10.4. The van der Waals surface area contributed by atoms with Gasteiger partial charge in [0.1, 0.15) is 6.10 Å². The highest BCUT2D eigenvalue weighted by Gasteiger charge is 2.48. The van der Waals surface area contributed by atoms with Crippen molar-refractivity contribution in [2.24, 2.45) is 0 Å². The first-order valence-corrected chi connectivity index (χ1v) is 6.02. The minimum absolute atomic E-state index is 0.204. The molecule has 0 bridgehead atoms. The van der Waals surface area contributed by atoms with E-state index in [1.165, 1.54) is 0 Å². The Morgan fingerprint density at radius 1 is 1.61 bits per heavy atom. The fourth-order valence-corrected chi connectivity index (χ4v) is 2.39. The summed E-state index contributed by atoms with van der Waals surface area (Å²) in [5, 5.41) is 18.9. The van der Waals surface area contributed by atoms with Crippen LogP contribution in [-0.4, -0.2) is 41.4 Å². The topological polar surface area (TPSA) is 58.9 Å². The summed E-state index contributed by atoms with van der Waals surface area (Å²) in [6.45, 7) is 2.23. The smallest absolute Gasteiger partial charge is 0.175 e. The summed E-state index contributed by atoms with van der Waals surface area (Å²) in [7, 11) is 0. The summed E-state index contributed by atoms with van der Waals surface area (Å²) in [5.74, 6) is 1.64. The van der Waals surface area contributed by atoms with Gasteiger partial charge in [-0.05, 0) is 24.1 Å². The average molecular weight is 250 g/mol. The second-order valence-electron chi connectivity index (χ2n) is 4.79. The highest BCUT2D eigenvalue weighted by atomic mass is 16.7. The average Bonchev–Trinajstić information content (AvgIpc) is 2.67. The molecule has 98 valence electrons. The normalized spacial score (nSPS) is 36.6. The summed E-state index contributed by atoms with van der Waals surface area (Å²) in [6.07, 6.45) is 8.39. The van der Waals surface area contributed by atoms with Gasteiger partial charge in [0, 0.05) is 12.8 Å². The molecule has 2 aliphatic rings. The van der Waals surface area contributed by atoms with E-state index in [1.54, 1.807) is 6.08 Å². The van der Waals surface area contributed by atoms with Gasteiger partial charge in [0.15, 0.2) is 5.79 Å². The van der Waals surface area contributed by atoms with Crippen LogP contribution in [-0.2, 0) is 9.47 Å². The Labute approximate surface area is 107 Å². The van der Waals surface area contributed by atoms with Crippen LogP contribution in [0.15, 0.2) is 23.3 Å². The third-order valence-corrected chi connectivity index (χ3v) is 3.44. The molecule has 0 unspecified atom stereocenters. The molecule has 0 amide bonds. The molecule has 0 radical (unpaired) electrons. The SMILES string of the molecule is C#C/C=C\C1=C(C)CO[C@@]2(C1)C[C@H](O)[C@@H](CO)O2. The maximum Gasteiger partial charge on any atom is 0.175 e. The minimum atomic E-state index is -0.819. The molecule has 1 spiro atoms. The lowest BCUT2D eigenvalue weighted by Crippen LogP contribution is -2.37. The van der Waals surface area contributed by atoms with Crippen molar-refractivity contribution in [3.63, 3.8) is 0 Å². The fourth-order valence-electron chi connectivity index (χ4n) is 2.39. The largest absolute Gasteiger partial charge is 0.394 e. The Balaban J connectivity index is 2.15. The lowest BCUT2D eigenvalue weighted by atomic mass is 9.94. The van der Waals surface area contributed by atoms with Gasteiger partial charge in [-0.1, -0.05) is 12.0 Å². The predicted molar refractivity (Wildman–Crippen MR) is 66.6 cm³/mol. The molecule has 4 nitrogen and oxygen atoms in total. The first-order chi connectivity index (χ1) is 8.60. The third-order valence-electron chi connectivity index (χ3n) is 3.44. The molecule has 0 aliphatic carbocycles. The number of aliphatic hydroxyl groups excluding tert-OH is 2. The van der Waals surface area contributed by atoms with Gasteiger partial charge in [-0.25, -0.2) is 0 Å². The number of ether oxygens (including phenoxy) is 2. The van der Waals surface area contributed by atoms with Crippen molar-refractivity contribution >= 4 is 0 Å². The lowest BCUT2D eigenvalue weighted by Gasteiger charge is -2.34. The molecule has 2 aliphatic heterocycles. The van der Waals surface area contributed by atoms with Crippen molar-refractivity contribution in [3.8, 4) is 12.3 Å². The summed E-state index contributed by atoms with van der Waals surface area (Å²) >= 11 is 0. The minimum Gasteiger partial charge on any atom is -0.394 e. The van der Waals surface area contributed by atoms with Crippen molar-refractivity contribution < 1.29 is 19.7 Å². The van der Waals surface area contributed by atoms with Crippen LogP contribution in [0, 0.1) is 12.3 Å². The molecular formula is C14H18O4. The van der Waals surface area contributed by atoms with E-state index < -0.39 is 18.0 Å². The van der Waals surface area contributed by atoms with Crippen LogP contribution < -0.4 is 0 Å². The van der Waals surface area contributed by atoms with Gasteiger partial charge >= 0.3 is 0 Å². The Morgan fingerprint density at radius 2 is 2.39 bits per heavy atom. The fraction of sp³-hybridized carbons (Fsp3) is 0.571. The van der Waals surface area contributed by atoms with Crippen LogP contribution in [0.1, 0.15) is 19.8 Å². The first kappa shape index (κ1) is 13.3. The number of hydrogen-bond donors (Lipinski definition) is 2. The van der Waals surface area contributed by atoms with E-state index in [0.29, 0.717) is 19.4 Å². The molecule has 18 heavy (non-hydrogen) atoms. The number of rotatable bonds is 2. The summed E-state index contributed by atoms with van der Waals surface area (Å²) in [6, 6.07) is 0. The van der Waals surface area contributed by atoms with Gasteiger partial charge < -0.3 is 19.7 Å². The predicted octanol–water partition coefficient (Wildman–Crippen LogP) is 0.751. The van der Waals surface area contributed by atoms with E-state index in [1.807, 2.05) is 13.0 Å². The number of aliphatic hydroxyl groups is 2. The number of allylic oxidation sites excluding steroid dienone is 2. The maximum absolute atomic E-state index is 9.80. The van der Waals surface area contributed by atoms with Crippen LogP contribution in [0.5, 0.6) is 0 Å². The van der Waals surface area contributed by atoms with Gasteiger partial charge in [0.2, 0.25) is 0 Å². The van der Waals surface area contributed by atoms with Crippen molar-refractivity contribution in [1.29, 1.82) is 0 Å². The second-order valence-corrected chi connectivity index (χ2v) is 4.79. The van der Waals surface area contributed by atoms with Crippen molar-refractivity contribution in [1.82, 2.24) is 0 Å². The highest BCUT2D eigenvalue weighted by Crippen LogP contribution is 2.40. The molecule has 3 atom stereocenters. The van der Waals surface area contributed by atoms with Gasteiger partial charge in [-0.3, -0.25) is 0 Å². The maximum atomic E-state index is 9.80. The molecule has 4 heteroatoms. The van der Waals surface area contributed by atoms with Crippen LogP contribution in [0.25, 0.3) is 0 Å². The van der Waals surface area contributed by atoms with Crippen LogP contribution in [0.4, 0.5) is 0 Å². The molecule has 1 fully saturated rings. The summed E-state index contributed by atoms with van der Waals surface area (Å²) in [4.78, 5) is 0. The van der Waals surface area contributed by atoms with E-state index in [4.69, 9.17) is 21.0 Å². The van der Waals surface area contributed by atoms with Crippen molar-refractivity contribution in [3.05, 3.63) is 23.3 Å². The van der Waals surface area contributed by atoms with E-state index in [0.717, 1.165) is 11.1 Å². The molecular weight excluding hydrogens is 232 g/mol. The van der Waals surface area contributed by atoms with Crippen LogP contribution in [0.3, 0.4) is 0 Å². The Bertz CT molecular complexity index is 418. The Morgan fingerprint density at radius 3 is 3.00 bits per heavy atom. The Kier molecular flexibility index (Phi) is 3.88. The van der Waals surface area contributed by atoms with Gasteiger partial charge in [-0.15, -0.1) is 6.42 Å². The molecule has 1 saturated heterocycles. The monoisotopic (exact) mass is 250 g/mol. The standard InChI is InChI=1S/C14H18O4/c1-3-4-5-11-6-14(17-9-10(11)2)7-12(16)13(8-15)18-14/h1,4-5,12-13,15-16H,6-9H2,2H3/b5-4-/t12-,13+,14+/m0/s1. The number of terminal acetylenes is 1. The third kappa shape index (κ3) is 2.50. The van der Waals surface area contributed by atoms with E-state index in [2.05, 4.69) is 5.92 Å². The van der Waals surface area contributed by atoms with Crippen molar-refractivity contribution in [2.75, 3.05) is 13.2 Å². The highest BCUT2D eigenvalue weighted by molar-refractivity contribution is 5.32. The molecule has 2 rings (SSSR count). The molecule has 0 aromatic rings. The Hall–Kier alpha value is -1.12. The van der Waals surface area contributed by atoms with Crippen LogP contribution in [0.2, 0.25) is 0 Å². The molecule has 0 saturated carbocycles. The van der Waals surface area contributed by atoms with E-state index in [-0.39, 0.29) is 6.61 Å². The zero-order valence-corrected chi connectivity index (χ0v) is 10.4. The van der Waals surface area contributed by atoms with Crippen molar-refractivity contribution in [2.45, 2.75) is 37.8 Å². The molecule has 2 N–H and O–H groups in total. The van der Waals surface area contributed by atoms with Gasteiger partial charge in [-0.2, -0.15) is 0 Å². The van der Waals surface area contributed by atoms with Crippen LogP contribution >= 0.6 is 0 Å². The quantitative estimate of drug-likeness (QED) is 0.710. The zero-order chi connectivity index (χ0) is 13.2.